The van der Waals surface area contributed by atoms with Gasteiger partial charge in [-0.05, 0) is 57.9 Å². The van der Waals surface area contributed by atoms with Gasteiger partial charge in [-0.3, -0.25) is 4.79 Å². The van der Waals surface area contributed by atoms with Crippen LogP contribution in [0.5, 0.6) is 0 Å². The number of carbonyl (C=O) groups is 1. The van der Waals surface area contributed by atoms with E-state index >= 15 is 0 Å². The Kier molecular flexibility index (Phi) is 4.21. The number of anilines is 1. The molecule has 0 spiro atoms. The number of aromatic amines is 1. The molecule has 1 amide bonds. The fraction of sp³-hybridized carbons (Fsp3) is 0.435. The number of aromatic nitrogens is 3. The molecule has 1 aliphatic heterocycles. The van der Waals surface area contributed by atoms with Crippen molar-refractivity contribution in [1.82, 2.24) is 19.9 Å². The summed E-state index contributed by atoms with van der Waals surface area (Å²) in [5.41, 5.74) is 6.18. The van der Waals surface area contributed by atoms with Crippen LogP contribution >= 0.6 is 0 Å². The first-order chi connectivity index (χ1) is 13.9. The summed E-state index contributed by atoms with van der Waals surface area (Å²) >= 11 is 0. The minimum Gasteiger partial charge on any atom is -0.358 e. The third kappa shape index (κ3) is 3.02. The van der Waals surface area contributed by atoms with Crippen molar-refractivity contribution in [3.8, 4) is 0 Å². The highest BCUT2D eigenvalue weighted by atomic mass is 16.2. The lowest BCUT2D eigenvalue weighted by molar-refractivity contribution is -0.122. The van der Waals surface area contributed by atoms with E-state index in [4.69, 9.17) is 0 Å². The van der Waals surface area contributed by atoms with Crippen molar-refractivity contribution in [3.63, 3.8) is 0 Å². The summed E-state index contributed by atoms with van der Waals surface area (Å²) in [5, 5.41) is 4.41. The lowest BCUT2D eigenvalue weighted by Crippen LogP contribution is -2.50. The molecule has 150 valence electrons. The van der Waals surface area contributed by atoms with Crippen LogP contribution in [0.2, 0.25) is 0 Å². The van der Waals surface area contributed by atoms with Crippen LogP contribution < -0.4 is 5.32 Å². The molecular weight excluding hydrogens is 362 g/mol. The van der Waals surface area contributed by atoms with Crippen molar-refractivity contribution in [2.45, 2.75) is 45.6 Å². The number of piperidine rings is 1. The van der Waals surface area contributed by atoms with E-state index in [2.05, 4.69) is 57.3 Å². The molecule has 29 heavy (non-hydrogen) atoms. The third-order valence-electron chi connectivity index (χ3n) is 6.65. The lowest BCUT2D eigenvalue weighted by atomic mass is 9.72. The summed E-state index contributed by atoms with van der Waals surface area (Å²) in [6, 6.07) is 8.81. The molecule has 1 aromatic carbocycles. The molecule has 2 N–H and O–H groups in total. The Hall–Kier alpha value is -2.73. The topological polar surface area (TPSA) is 73.9 Å². The first kappa shape index (κ1) is 18.3. The molecule has 0 bridgehead atoms. The number of H-pyrrole nitrogens is 1. The molecule has 3 aromatic rings. The van der Waals surface area contributed by atoms with E-state index in [9.17, 15) is 4.79 Å². The van der Waals surface area contributed by atoms with Crippen molar-refractivity contribution < 1.29 is 4.79 Å². The van der Waals surface area contributed by atoms with Gasteiger partial charge in [0.2, 0.25) is 5.91 Å². The number of carbonyl (C=O) groups excluding carboxylic acids is 1. The van der Waals surface area contributed by atoms with Crippen LogP contribution in [0.3, 0.4) is 0 Å². The van der Waals surface area contributed by atoms with Gasteiger partial charge in [-0.25, -0.2) is 9.97 Å². The first-order valence-corrected chi connectivity index (χ1v) is 10.3. The van der Waals surface area contributed by atoms with Crippen LogP contribution in [0, 0.1) is 26.7 Å². The number of benzene rings is 1. The minimum absolute atomic E-state index is 0.0519. The van der Waals surface area contributed by atoms with Gasteiger partial charge >= 0.3 is 0 Å². The molecule has 6 nitrogen and oxygen atoms in total. The number of amides is 1. The maximum absolute atomic E-state index is 13.1. The van der Waals surface area contributed by atoms with E-state index in [1.165, 1.54) is 27.7 Å². The molecule has 2 aliphatic rings. The van der Waals surface area contributed by atoms with Crippen LogP contribution in [0.15, 0.2) is 24.3 Å². The minimum atomic E-state index is -0.0614. The molecule has 5 rings (SSSR count). The molecule has 3 atom stereocenters. The van der Waals surface area contributed by atoms with Crippen molar-refractivity contribution in [3.05, 3.63) is 52.6 Å². The standard InChI is InChI=1S/C23H27N5O/c1-12-8-21(26-14(3)24-12)27-23(29)15-9-18-16-6-5-7-19-22(16)17(13(2)25-19)10-20(18)28(4)11-15/h5-8,15,18,20,25H,9-11H2,1-4H3,(H,24,26,27,29)/t15-,18?,20-/m1/s1. The highest BCUT2D eigenvalue weighted by molar-refractivity contribution is 5.93. The maximum Gasteiger partial charge on any atom is 0.229 e. The molecule has 1 saturated heterocycles. The second-order valence-electron chi connectivity index (χ2n) is 8.68. The second-order valence-corrected chi connectivity index (χ2v) is 8.68. The number of nitrogens with one attached hydrogen (secondary N) is 2. The summed E-state index contributed by atoms with van der Waals surface area (Å²) in [6.07, 6.45) is 1.91. The average Bonchev–Trinajstić information content (AvgIpc) is 2.98. The van der Waals surface area contributed by atoms with E-state index < -0.39 is 0 Å². The van der Waals surface area contributed by atoms with Gasteiger partial charge in [0.15, 0.2) is 0 Å². The van der Waals surface area contributed by atoms with Crippen LogP contribution in [0.25, 0.3) is 10.9 Å². The number of aryl methyl sites for hydroxylation is 3. The van der Waals surface area contributed by atoms with Crippen LogP contribution in [-0.2, 0) is 11.2 Å². The lowest BCUT2D eigenvalue weighted by Gasteiger charge is -2.45. The molecular formula is C23H27N5O. The number of likely N-dealkylation sites (tertiary alicyclic amines) is 1. The number of nitrogens with zero attached hydrogens (tertiary/aromatic N) is 3. The van der Waals surface area contributed by atoms with Crippen LogP contribution in [0.1, 0.15) is 40.7 Å². The monoisotopic (exact) mass is 389 g/mol. The van der Waals surface area contributed by atoms with Crippen molar-refractivity contribution in [2.24, 2.45) is 5.92 Å². The fourth-order valence-corrected chi connectivity index (χ4v) is 5.41. The number of likely N-dealkylation sites (N-methyl/N-ethyl adjacent to an activating group) is 1. The first-order valence-electron chi connectivity index (χ1n) is 10.3. The third-order valence-corrected chi connectivity index (χ3v) is 6.65. The Balaban J connectivity index is 1.45. The normalized spacial score (nSPS) is 23.8. The Labute approximate surface area is 170 Å². The Morgan fingerprint density at radius 3 is 2.86 bits per heavy atom. The van der Waals surface area contributed by atoms with Gasteiger partial charge < -0.3 is 15.2 Å². The highest BCUT2D eigenvalue weighted by Crippen LogP contribution is 2.45. The smallest absolute Gasteiger partial charge is 0.229 e. The molecule has 0 radical (unpaired) electrons. The van der Waals surface area contributed by atoms with Crippen molar-refractivity contribution >= 4 is 22.6 Å². The zero-order valence-corrected chi connectivity index (χ0v) is 17.4. The van der Waals surface area contributed by atoms with Crippen molar-refractivity contribution in [2.75, 3.05) is 18.9 Å². The van der Waals surface area contributed by atoms with Gasteiger partial charge in [0, 0.05) is 46.9 Å². The second kappa shape index (κ2) is 6.66. The summed E-state index contributed by atoms with van der Waals surface area (Å²) in [6.45, 7) is 6.71. The van der Waals surface area contributed by atoms with Gasteiger partial charge in [-0.2, -0.15) is 0 Å². The molecule has 1 unspecified atom stereocenters. The molecule has 2 aromatic heterocycles. The maximum atomic E-state index is 13.1. The van der Waals surface area contributed by atoms with Crippen molar-refractivity contribution in [1.29, 1.82) is 0 Å². The number of rotatable bonds is 2. The number of fused-ring (bicyclic) bond motifs is 2. The fourth-order valence-electron chi connectivity index (χ4n) is 5.41. The quantitative estimate of drug-likeness (QED) is 0.704. The summed E-state index contributed by atoms with van der Waals surface area (Å²) < 4.78 is 0. The van der Waals surface area contributed by atoms with Gasteiger partial charge in [-0.15, -0.1) is 0 Å². The molecule has 1 aliphatic carbocycles. The van der Waals surface area contributed by atoms with Crippen LogP contribution in [0.4, 0.5) is 5.82 Å². The molecule has 1 fully saturated rings. The Bertz CT molecular complexity index is 1100. The van der Waals surface area contributed by atoms with Crippen LogP contribution in [-0.4, -0.2) is 45.4 Å². The van der Waals surface area contributed by atoms with E-state index in [0.29, 0.717) is 23.6 Å². The summed E-state index contributed by atoms with van der Waals surface area (Å²) in [7, 11) is 2.16. The Morgan fingerprint density at radius 2 is 2.07 bits per heavy atom. The molecule has 0 saturated carbocycles. The van der Waals surface area contributed by atoms with E-state index in [0.717, 1.165) is 25.1 Å². The Morgan fingerprint density at radius 1 is 1.24 bits per heavy atom. The van der Waals surface area contributed by atoms with E-state index in [1.54, 1.807) is 0 Å². The van der Waals surface area contributed by atoms with Gasteiger partial charge in [0.25, 0.3) is 0 Å². The summed E-state index contributed by atoms with van der Waals surface area (Å²) in [5.74, 6) is 1.63. The largest absolute Gasteiger partial charge is 0.358 e. The average molecular weight is 390 g/mol. The highest BCUT2D eigenvalue weighted by Gasteiger charge is 2.41. The van der Waals surface area contributed by atoms with Gasteiger partial charge in [-0.1, -0.05) is 12.1 Å². The van der Waals surface area contributed by atoms with Gasteiger partial charge in [0.05, 0.1) is 5.92 Å². The number of hydrogen-bond donors (Lipinski definition) is 2. The SMILES string of the molecule is Cc1cc(NC(=O)[C@@H]2CC3c4cccc5[nH]c(C)c(c45)C[C@H]3N(C)C2)nc(C)n1. The van der Waals surface area contributed by atoms with E-state index in [-0.39, 0.29) is 11.8 Å². The summed E-state index contributed by atoms with van der Waals surface area (Å²) in [4.78, 5) is 27.7. The van der Waals surface area contributed by atoms with E-state index in [1.807, 2.05) is 19.9 Å². The number of hydrogen-bond acceptors (Lipinski definition) is 4. The zero-order valence-electron chi connectivity index (χ0n) is 17.4. The predicted molar refractivity (Wildman–Crippen MR) is 114 cm³/mol. The zero-order chi connectivity index (χ0) is 20.3. The van der Waals surface area contributed by atoms with Gasteiger partial charge in [0.1, 0.15) is 11.6 Å². The predicted octanol–water partition coefficient (Wildman–Crippen LogP) is 3.48. The molecule has 6 heteroatoms. The molecule has 3 heterocycles.